The van der Waals surface area contributed by atoms with Crippen LogP contribution in [-0.4, -0.2) is 22.8 Å². The summed E-state index contributed by atoms with van der Waals surface area (Å²) in [6, 6.07) is 13.6. The molecule has 30 heavy (non-hydrogen) atoms. The zero-order valence-electron chi connectivity index (χ0n) is 18.0. The number of methoxy groups -OCH3 is 1. The van der Waals surface area contributed by atoms with Gasteiger partial charge in [-0.2, -0.15) is 5.10 Å². The number of rotatable bonds is 7. The average Bonchev–Trinajstić information content (AvgIpc) is 2.98. The summed E-state index contributed by atoms with van der Waals surface area (Å²) in [6.45, 7) is 6.20. The van der Waals surface area contributed by atoms with Gasteiger partial charge in [0, 0.05) is 18.7 Å². The first kappa shape index (κ1) is 21.2. The number of benzene rings is 2. The summed E-state index contributed by atoms with van der Waals surface area (Å²) < 4.78 is 13.1. The highest BCUT2D eigenvalue weighted by Gasteiger charge is 2.11. The first-order valence-electron chi connectivity index (χ1n) is 9.73. The van der Waals surface area contributed by atoms with E-state index in [-0.39, 0.29) is 5.91 Å². The van der Waals surface area contributed by atoms with Crippen molar-refractivity contribution in [2.75, 3.05) is 12.4 Å². The summed E-state index contributed by atoms with van der Waals surface area (Å²) in [7, 11) is 3.48. The van der Waals surface area contributed by atoms with Gasteiger partial charge in [-0.1, -0.05) is 23.8 Å². The van der Waals surface area contributed by atoms with Crippen molar-refractivity contribution in [1.82, 2.24) is 9.78 Å². The van der Waals surface area contributed by atoms with E-state index in [4.69, 9.17) is 9.47 Å². The number of aryl methyl sites for hydroxylation is 3. The average molecular weight is 405 g/mol. The Morgan fingerprint density at radius 2 is 1.87 bits per heavy atom. The molecule has 1 N–H and O–H groups in total. The summed E-state index contributed by atoms with van der Waals surface area (Å²) in [5.41, 5.74) is 5.41. The molecule has 0 unspecified atom stereocenters. The van der Waals surface area contributed by atoms with Crippen molar-refractivity contribution < 1.29 is 14.3 Å². The minimum atomic E-state index is -0.206. The van der Waals surface area contributed by atoms with Crippen LogP contribution in [0.4, 0.5) is 5.69 Å². The van der Waals surface area contributed by atoms with Gasteiger partial charge in [0.2, 0.25) is 5.91 Å². The second-order valence-electron chi connectivity index (χ2n) is 7.17. The third kappa shape index (κ3) is 5.08. The van der Waals surface area contributed by atoms with Crippen LogP contribution in [0.1, 0.15) is 28.1 Å². The molecule has 1 amide bonds. The predicted octanol–water partition coefficient (Wildman–Crippen LogP) is 4.58. The summed E-state index contributed by atoms with van der Waals surface area (Å²) in [6.07, 6.45) is 3.28. The molecule has 0 aliphatic heterocycles. The molecule has 0 aliphatic carbocycles. The van der Waals surface area contributed by atoms with E-state index in [0.717, 1.165) is 39.7 Å². The highest BCUT2D eigenvalue weighted by molar-refractivity contribution is 6.02. The van der Waals surface area contributed by atoms with E-state index in [9.17, 15) is 4.79 Å². The van der Waals surface area contributed by atoms with Crippen molar-refractivity contribution >= 4 is 17.7 Å². The van der Waals surface area contributed by atoms with Crippen LogP contribution >= 0.6 is 0 Å². The van der Waals surface area contributed by atoms with Gasteiger partial charge in [-0.3, -0.25) is 9.48 Å². The molecule has 1 aromatic heterocycles. The lowest BCUT2D eigenvalue weighted by Crippen LogP contribution is -2.09. The van der Waals surface area contributed by atoms with Crippen LogP contribution in [0.25, 0.3) is 6.08 Å². The quantitative estimate of drug-likeness (QED) is 0.584. The Labute approximate surface area is 177 Å². The van der Waals surface area contributed by atoms with Gasteiger partial charge in [0.25, 0.3) is 0 Å². The van der Waals surface area contributed by atoms with E-state index in [1.54, 1.807) is 17.9 Å². The SMILES string of the molecule is COc1ccc(/C=C/C(=O)Nc2c(C)nn(C)c2C)cc1COc1ccc(C)cc1. The van der Waals surface area contributed by atoms with E-state index in [1.165, 1.54) is 11.6 Å². The molecule has 0 radical (unpaired) electrons. The zero-order chi connectivity index (χ0) is 21.7. The lowest BCUT2D eigenvalue weighted by atomic mass is 10.1. The van der Waals surface area contributed by atoms with E-state index in [1.807, 2.05) is 70.3 Å². The molecule has 3 aromatic rings. The molecule has 0 saturated heterocycles. The van der Waals surface area contributed by atoms with Crippen molar-refractivity contribution in [2.45, 2.75) is 27.4 Å². The summed E-state index contributed by atoms with van der Waals surface area (Å²) in [5, 5.41) is 7.21. The van der Waals surface area contributed by atoms with Crippen LogP contribution in [0.2, 0.25) is 0 Å². The van der Waals surface area contributed by atoms with Gasteiger partial charge in [-0.15, -0.1) is 0 Å². The summed E-state index contributed by atoms with van der Waals surface area (Å²) in [5.74, 6) is 1.33. The topological polar surface area (TPSA) is 65.4 Å². The molecule has 0 saturated carbocycles. The van der Waals surface area contributed by atoms with Crippen LogP contribution in [0.3, 0.4) is 0 Å². The van der Waals surface area contributed by atoms with E-state index < -0.39 is 0 Å². The number of nitrogens with one attached hydrogen (secondary N) is 1. The van der Waals surface area contributed by atoms with E-state index in [2.05, 4.69) is 10.4 Å². The van der Waals surface area contributed by atoms with Gasteiger partial charge in [-0.25, -0.2) is 0 Å². The first-order valence-corrected chi connectivity index (χ1v) is 9.73. The molecule has 3 rings (SSSR count). The summed E-state index contributed by atoms with van der Waals surface area (Å²) >= 11 is 0. The molecule has 0 spiro atoms. The van der Waals surface area contributed by atoms with Crippen LogP contribution < -0.4 is 14.8 Å². The fourth-order valence-electron chi connectivity index (χ4n) is 3.10. The molecular weight excluding hydrogens is 378 g/mol. The molecule has 0 fully saturated rings. The molecule has 0 aliphatic rings. The lowest BCUT2D eigenvalue weighted by molar-refractivity contribution is -0.111. The first-order chi connectivity index (χ1) is 14.4. The maximum atomic E-state index is 12.4. The van der Waals surface area contributed by atoms with Gasteiger partial charge in [0.05, 0.1) is 24.2 Å². The Balaban J connectivity index is 1.70. The lowest BCUT2D eigenvalue weighted by Gasteiger charge is -2.11. The highest BCUT2D eigenvalue weighted by atomic mass is 16.5. The number of aromatic nitrogens is 2. The number of amides is 1. The molecule has 0 bridgehead atoms. The number of carbonyl (C=O) groups is 1. The van der Waals surface area contributed by atoms with Crippen LogP contribution in [0.5, 0.6) is 11.5 Å². The fourth-order valence-corrected chi connectivity index (χ4v) is 3.10. The predicted molar refractivity (Wildman–Crippen MR) is 119 cm³/mol. The second kappa shape index (κ2) is 9.31. The Morgan fingerprint density at radius 3 is 2.50 bits per heavy atom. The second-order valence-corrected chi connectivity index (χ2v) is 7.17. The Morgan fingerprint density at radius 1 is 1.13 bits per heavy atom. The molecule has 156 valence electrons. The molecule has 2 aromatic carbocycles. The highest BCUT2D eigenvalue weighted by Crippen LogP contribution is 2.23. The van der Waals surface area contributed by atoms with Crippen LogP contribution in [0.15, 0.2) is 48.5 Å². The molecule has 1 heterocycles. The smallest absolute Gasteiger partial charge is 0.248 e. The minimum absolute atomic E-state index is 0.206. The zero-order valence-corrected chi connectivity index (χ0v) is 18.0. The Kier molecular flexibility index (Phi) is 6.57. The standard InChI is InChI=1S/C24H27N3O3/c1-16-6-10-21(11-7-16)30-15-20-14-19(8-12-22(20)29-5)9-13-23(28)25-24-17(2)26-27(4)18(24)3/h6-14H,15H2,1-5H3,(H,25,28)/b13-9+. The monoisotopic (exact) mass is 405 g/mol. The van der Waals surface area contributed by atoms with Gasteiger partial charge < -0.3 is 14.8 Å². The molecule has 6 heteroatoms. The van der Waals surface area contributed by atoms with Gasteiger partial charge >= 0.3 is 0 Å². The largest absolute Gasteiger partial charge is 0.496 e. The van der Waals surface area contributed by atoms with E-state index >= 15 is 0 Å². The van der Waals surface area contributed by atoms with Crippen molar-refractivity contribution in [3.63, 3.8) is 0 Å². The number of hydrogen-bond donors (Lipinski definition) is 1. The number of ether oxygens (including phenoxy) is 2. The van der Waals surface area contributed by atoms with Crippen molar-refractivity contribution in [1.29, 1.82) is 0 Å². The normalized spacial score (nSPS) is 11.0. The minimum Gasteiger partial charge on any atom is -0.496 e. The van der Waals surface area contributed by atoms with Gasteiger partial charge in [0.15, 0.2) is 0 Å². The number of anilines is 1. The summed E-state index contributed by atoms with van der Waals surface area (Å²) in [4.78, 5) is 12.4. The molecular formula is C24H27N3O3. The molecule has 0 atom stereocenters. The number of nitrogens with zero attached hydrogens (tertiary/aromatic N) is 2. The molecule has 6 nitrogen and oxygen atoms in total. The Hall–Kier alpha value is -3.54. The van der Waals surface area contributed by atoms with Crippen LogP contribution in [-0.2, 0) is 18.4 Å². The maximum Gasteiger partial charge on any atom is 0.248 e. The third-order valence-corrected chi connectivity index (χ3v) is 4.90. The van der Waals surface area contributed by atoms with Gasteiger partial charge in [-0.05, 0) is 56.7 Å². The van der Waals surface area contributed by atoms with Crippen molar-refractivity contribution in [2.24, 2.45) is 7.05 Å². The van der Waals surface area contributed by atoms with Crippen LogP contribution in [0, 0.1) is 20.8 Å². The number of carbonyl (C=O) groups excluding carboxylic acids is 1. The van der Waals surface area contributed by atoms with Crippen molar-refractivity contribution in [3.05, 3.63) is 76.6 Å². The fraction of sp³-hybridized carbons (Fsp3) is 0.250. The number of hydrogen-bond acceptors (Lipinski definition) is 4. The Bertz CT molecular complexity index is 1070. The third-order valence-electron chi connectivity index (χ3n) is 4.90. The van der Waals surface area contributed by atoms with Crippen molar-refractivity contribution in [3.8, 4) is 11.5 Å². The van der Waals surface area contributed by atoms with Gasteiger partial charge in [0.1, 0.15) is 18.1 Å². The maximum absolute atomic E-state index is 12.4. The van der Waals surface area contributed by atoms with E-state index in [0.29, 0.717) is 6.61 Å².